The molecule has 2 aromatic rings. The van der Waals surface area contributed by atoms with Gasteiger partial charge in [0, 0.05) is 6.54 Å². The summed E-state index contributed by atoms with van der Waals surface area (Å²) < 4.78 is 18.1. The number of nitrogens with zero attached hydrogens (tertiary/aromatic N) is 1. The molecule has 0 radical (unpaired) electrons. The molecule has 6 heteroatoms. The molecule has 1 atom stereocenters. The molecule has 2 aromatic carbocycles. The Morgan fingerprint density at radius 3 is 2.42 bits per heavy atom. The standard InChI is InChI=1S/C18H17FN2O3/c1-24-15-8-2-12(3-9-15)11-20-16-10-17(22)21(18(16)23)14-6-4-13(19)5-7-14/h2-9,16,20H,10-11H2,1H3. The molecule has 1 saturated heterocycles. The molecule has 2 amide bonds. The monoisotopic (exact) mass is 328 g/mol. The Labute approximate surface area is 139 Å². The van der Waals surface area contributed by atoms with Crippen LogP contribution in [0.3, 0.4) is 0 Å². The summed E-state index contributed by atoms with van der Waals surface area (Å²) in [5.41, 5.74) is 1.37. The lowest BCUT2D eigenvalue weighted by molar-refractivity contribution is -0.121. The molecule has 1 unspecified atom stereocenters. The van der Waals surface area contributed by atoms with Crippen molar-refractivity contribution in [2.75, 3.05) is 12.0 Å². The second-order valence-electron chi connectivity index (χ2n) is 5.53. The Bertz CT molecular complexity index is 744. The minimum atomic E-state index is -0.579. The smallest absolute Gasteiger partial charge is 0.251 e. The first kappa shape index (κ1) is 16.1. The maximum atomic E-state index is 13.0. The number of ether oxygens (including phenoxy) is 1. The van der Waals surface area contributed by atoms with E-state index in [1.807, 2.05) is 24.3 Å². The highest BCUT2D eigenvalue weighted by molar-refractivity contribution is 6.22. The summed E-state index contributed by atoms with van der Waals surface area (Å²) in [5, 5.41) is 3.10. The molecule has 1 aliphatic heterocycles. The van der Waals surface area contributed by atoms with E-state index in [9.17, 15) is 14.0 Å². The largest absolute Gasteiger partial charge is 0.497 e. The van der Waals surface area contributed by atoms with Gasteiger partial charge in [0.15, 0.2) is 0 Å². The quantitative estimate of drug-likeness (QED) is 0.856. The number of methoxy groups -OCH3 is 1. The van der Waals surface area contributed by atoms with Crippen LogP contribution < -0.4 is 15.0 Å². The van der Waals surface area contributed by atoms with Crippen LogP contribution in [0.15, 0.2) is 48.5 Å². The third kappa shape index (κ3) is 3.28. The number of imide groups is 1. The summed E-state index contributed by atoms with van der Waals surface area (Å²) in [6.45, 7) is 0.463. The van der Waals surface area contributed by atoms with Crippen molar-refractivity contribution in [3.05, 3.63) is 59.9 Å². The van der Waals surface area contributed by atoms with Gasteiger partial charge in [0.1, 0.15) is 11.6 Å². The van der Waals surface area contributed by atoms with E-state index < -0.39 is 11.9 Å². The van der Waals surface area contributed by atoms with Crippen LogP contribution in [-0.2, 0) is 16.1 Å². The minimum absolute atomic E-state index is 0.0896. The van der Waals surface area contributed by atoms with Crippen LogP contribution in [0.4, 0.5) is 10.1 Å². The zero-order valence-electron chi connectivity index (χ0n) is 13.2. The van der Waals surface area contributed by atoms with Crippen molar-refractivity contribution in [2.24, 2.45) is 0 Å². The van der Waals surface area contributed by atoms with Gasteiger partial charge in [0.05, 0.1) is 25.3 Å². The van der Waals surface area contributed by atoms with Gasteiger partial charge >= 0.3 is 0 Å². The van der Waals surface area contributed by atoms with Gasteiger partial charge in [-0.05, 0) is 42.0 Å². The molecule has 0 aromatic heterocycles. The van der Waals surface area contributed by atoms with Gasteiger partial charge in [-0.3, -0.25) is 9.59 Å². The lowest BCUT2D eigenvalue weighted by Gasteiger charge is -2.15. The van der Waals surface area contributed by atoms with Gasteiger partial charge < -0.3 is 10.1 Å². The number of carbonyl (C=O) groups excluding carboxylic acids is 2. The number of nitrogens with one attached hydrogen (secondary N) is 1. The molecule has 0 aliphatic carbocycles. The van der Waals surface area contributed by atoms with Crippen molar-refractivity contribution in [1.82, 2.24) is 5.32 Å². The number of rotatable bonds is 5. The molecular weight excluding hydrogens is 311 g/mol. The van der Waals surface area contributed by atoms with Crippen molar-refractivity contribution >= 4 is 17.5 Å². The molecule has 1 N–H and O–H groups in total. The van der Waals surface area contributed by atoms with Crippen LogP contribution in [0.2, 0.25) is 0 Å². The van der Waals surface area contributed by atoms with Crippen LogP contribution in [0.5, 0.6) is 5.75 Å². The van der Waals surface area contributed by atoms with Gasteiger partial charge in [-0.15, -0.1) is 0 Å². The summed E-state index contributed by atoms with van der Waals surface area (Å²) in [7, 11) is 1.60. The summed E-state index contributed by atoms with van der Waals surface area (Å²) in [6, 6.07) is 12.2. The third-order valence-corrected chi connectivity index (χ3v) is 3.94. The van der Waals surface area contributed by atoms with Crippen molar-refractivity contribution < 1.29 is 18.7 Å². The fourth-order valence-electron chi connectivity index (χ4n) is 2.64. The molecule has 5 nitrogen and oxygen atoms in total. The van der Waals surface area contributed by atoms with Crippen molar-refractivity contribution in [3.8, 4) is 5.75 Å². The fraction of sp³-hybridized carbons (Fsp3) is 0.222. The van der Waals surface area contributed by atoms with Crippen molar-refractivity contribution in [3.63, 3.8) is 0 Å². The number of amides is 2. The number of carbonyl (C=O) groups is 2. The molecule has 0 saturated carbocycles. The highest BCUT2D eigenvalue weighted by Crippen LogP contribution is 2.23. The summed E-state index contributed by atoms with van der Waals surface area (Å²) in [6.07, 6.45) is 0.0896. The third-order valence-electron chi connectivity index (χ3n) is 3.94. The van der Waals surface area contributed by atoms with E-state index in [0.29, 0.717) is 12.2 Å². The van der Waals surface area contributed by atoms with E-state index in [0.717, 1.165) is 16.2 Å². The van der Waals surface area contributed by atoms with Gasteiger partial charge in [0.25, 0.3) is 5.91 Å². The SMILES string of the molecule is COc1ccc(CNC2CC(=O)N(c3ccc(F)cc3)C2=O)cc1. The van der Waals surface area contributed by atoms with Gasteiger partial charge in [-0.25, -0.2) is 9.29 Å². The molecule has 1 heterocycles. The fourth-order valence-corrected chi connectivity index (χ4v) is 2.64. The van der Waals surface area contributed by atoms with Gasteiger partial charge in [0.2, 0.25) is 5.91 Å². The summed E-state index contributed by atoms with van der Waals surface area (Å²) >= 11 is 0. The lowest BCUT2D eigenvalue weighted by Crippen LogP contribution is -2.38. The Kier molecular flexibility index (Phi) is 4.57. The molecule has 124 valence electrons. The number of halogens is 1. The highest BCUT2D eigenvalue weighted by atomic mass is 19.1. The van der Waals surface area contributed by atoms with Crippen LogP contribution in [0.25, 0.3) is 0 Å². The summed E-state index contributed by atoms with van der Waals surface area (Å²) in [4.78, 5) is 25.7. The molecule has 1 aliphatic rings. The van der Waals surface area contributed by atoms with Crippen LogP contribution in [-0.4, -0.2) is 25.0 Å². The lowest BCUT2D eigenvalue weighted by atomic mass is 10.2. The first-order valence-electron chi connectivity index (χ1n) is 7.57. The molecular formula is C18H17FN2O3. The van der Waals surface area contributed by atoms with Crippen molar-refractivity contribution in [1.29, 1.82) is 0 Å². The number of hydrogen-bond acceptors (Lipinski definition) is 4. The zero-order valence-corrected chi connectivity index (χ0v) is 13.2. The average Bonchev–Trinajstić information content (AvgIpc) is 2.88. The van der Waals surface area contributed by atoms with E-state index in [2.05, 4.69) is 5.32 Å². The van der Waals surface area contributed by atoms with Crippen LogP contribution in [0.1, 0.15) is 12.0 Å². The number of anilines is 1. The summed E-state index contributed by atoms with van der Waals surface area (Å²) in [5.74, 6) is -0.264. The molecule has 1 fully saturated rings. The molecule has 0 spiro atoms. The maximum absolute atomic E-state index is 13.0. The molecule has 24 heavy (non-hydrogen) atoms. The minimum Gasteiger partial charge on any atom is -0.497 e. The Morgan fingerprint density at radius 2 is 1.79 bits per heavy atom. The average molecular weight is 328 g/mol. The maximum Gasteiger partial charge on any atom is 0.251 e. The predicted octanol–water partition coefficient (Wildman–Crippen LogP) is 2.26. The van der Waals surface area contributed by atoms with Gasteiger partial charge in [-0.1, -0.05) is 12.1 Å². The Hall–Kier alpha value is -2.73. The normalized spacial score (nSPS) is 17.4. The van der Waals surface area contributed by atoms with E-state index in [1.54, 1.807) is 7.11 Å². The second kappa shape index (κ2) is 6.80. The highest BCUT2D eigenvalue weighted by Gasteiger charge is 2.39. The van der Waals surface area contributed by atoms with Crippen molar-refractivity contribution in [2.45, 2.75) is 19.0 Å². The zero-order chi connectivity index (χ0) is 17.1. The van der Waals surface area contributed by atoms with E-state index in [-0.39, 0.29) is 18.2 Å². The van der Waals surface area contributed by atoms with E-state index >= 15 is 0 Å². The van der Waals surface area contributed by atoms with E-state index in [4.69, 9.17) is 4.74 Å². The second-order valence-corrected chi connectivity index (χ2v) is 5.53. The van der Waals surface area contributed by atoms with Gasteiger partial charge in [-0.2, -0.15) is 0 Å². The van der Waals surface area contributed by atoms with E-state index in [1.165, 1.54) is 24.3 Å². The first-order valence-corrected chi connectivity index (χ1v) is 7.57. The number of benzene rings is 2. The molecule has 0 bridgehead atoms. The number of hydrogen-bond donors (Lipinski definition) is 1. The van der Waals surface area contributed by atoms with Crippen LogP contribution >= 0.6 is 0 Å². The Balaban J connectivity index is 1.66. The predicted molar refractivity (Wildman–Crippen MR) is 87.1 cm³/mol. The topological polar surface area (TPSA) is 58.6 Å². The first-order chi connectivity index (χ1) is 11.6. The van der Waals surface area contributed by atoms with Crippen LogP contribution in [0, 0.1) is 5.82 Å². The molecule has 3 rings (SSSR count). The Morgan fingerprint density at radius 1 is 1.12 bits per heavy atom.